The number of nitrogens with zero attached hydrogens (tertiary/aromatic N) is 3. The highest BCUT2D eigenvalue weighted by Crippen LogP contribution is 2.35. The van der Waals surface area contributed by atoms with E-state index in [1.165, 1.54) is 37.9 Å². The molecule has 1 aromatic heterocycles. The van der Waals surface area contributed by atoms with Gasteiger partial charge in [0, 0.05) is 44.1 Å². The van der Waals surface area contributed by atoms with Crippen LogP contribution in [0.15, 0.2) is 42.7 Å². The SMILES string of the molecule is c1cnc(NCC2(c3ccc(OCCCN4CCCCC4)cc3)CCOCC2)nc1. The normalized spacial score (nSPS) is 19.3. The fraction of sp³-hybridized carbons (Fsp3) is 0.583. The van der Waals surface area contributed by atoms with Crippen molar-refractivity contribution in [3.8, 4) is 5.75 Å². The number of aromatic nitrogens is 2. The van der Waals surface area contributed by atoms with Crippen molar-refractivity contribution in [3.63, 3.8) is 0 Å². The molecule has 0 unspecified atom stereocenters. The molecule has 6 nitrogen and oxygen atoms in total. The standard InChI is InChI=1S/C24H34N4O2/c1-2-14-28(15-3-1)16-5-17-30-22-8-6-21(7-9-22)24(10-18-29-19-11-24)20-27-23-25-12-4-13-26-23/h4,6-9,12-13H,1-3,5,10-11,14-20H2,(H,25,26,27). The first kappa shape index (κ1) is 21.1. The first-order valence-electron chi connectivity index (χ1n) is 11.4. The van der Waals surface area contributed by atoms with Crippen LogP contribution < -0.4 is 10.1 Å². The summed E-state index contributed by atoms with van der Waals surface area (Å²) < 4.78 is 11.7. The van der Waals surface area contributed by atoms with Crippen molar-refractivity contribution in [1.29, 1.82) is 0 Å². The van der Waals surface area contributed by atoms with Gasteiger partial charge in [0.15, 0.2) is 0 Å². The smallest absolute Gasteiger partial charge is 0.222 e. The Hall–Kier alpha value is -2.18. The molecule has 1 aromatic carbocycles. The Bertz CT molecular complexity index is 742. The van der Waals surface area contributed by atoms with Gasteiger partial charge in [0.05, 0.1) is 6.61 Å². The van der Waals surface area contributed by atoms with Crippen molar-refractivity contribution in [2.45, 2.75) is 43.9 Å². The maximum absolute atomic E-state index is 6.01. The minimum Gasteiger partial charge on any atom is -0.494 e. The molecule has 2 aliphatic rings. The number of rotatable bonds is 9. The molecular formula is C24H34N4O2. The van der Waals surface area contributed by atoms with E-state index in [-0.39, 0.29) is 5.41 Å². The molecule has 1 N–H and O–H groups in total. The zero-order chi connectivity index (χ0) is 20.5. The molecule has 2 saturated heterocycles. The fourth-order valence-electron chi connectivity index (χ4n) is 4.53. The monoisotopic (exact) mass is 410 g/mol. The Kier molecular flexibility index (Phi) is 7.54. The largest absolute Gasteiger partial charge is 0.494 e. The average molecular weight is 411 g/mol. The van der Waals surface area contributed by atoms with E-state index in [0.29, 0.717) is 5.95 Å². The van der Waals surface area contributed by atoms with Gasteiger partial charge in [-0.1, -0.05) is 18.6 Å². The van der Waals surface area contributed by atoms with Gasteiger partial charge >= 0.3 is 0 Å². The van der Waals surface area contributed by atoms with Crippen LogP contribution in [0.25, 0.3) is 0 Å². The van der Waals surface area contributed by atoms with Crippen LogP contribution >= 0.6 is 0 Å². The molecule has 0 bridgehead atoms. The van der Waals surface area contributed by atoms with E-state index in [1.54, 1.807) is 12.4 Å². The van der Waals surface area contributed by atoms with Gasteiger partial charge in [-0.3, -0.25) is 0 Å². The van der Waals surface area contributed by atoms with E-state index < -0.39 is 0 Å². The third kappa shape index (κ3) is 5.70. The molecule has 0 aliphatic carbocycles. The van der Waals surface area contributed by atoms with E-state index in [1.807, 2.05) is 6.07 Å². The lowest BCUT2D eigenvalue weighted by Gasteiger charge is -2.38. The zero-order valence-corrected chi connectivity index (χ0v) is 17.9. The summed E-state index contributed by atoms with van der Waals surface area (Å²) in [6.07, 6.45) is 10.7. The molecular weight excluding hydrogens is 376 g/mol. The van der Waals surface area contributed by atoms with E-state index in [2.05, 4.69) is 44.5 Å². The number of hydrogen-bond donors (Lipinski definition) is 1. The van der Waals surface area contributed by atoms with Crippen LogP contribution in [0.4, 0.5) is 5.95 Å². The van der Waals surface area contributed by atoms with E-state index in [9.17, 15) is 0 Å². The van der Waals surface area contributed by atoms with Crippen LogP contribution in [-0.4, -0.2) is 60.9 Å². The molecule has 30 heavy (non-hydrogen) atoms. The van der Waals surface area contributed by atoms with Crippen molar-refractivity contribution >= 4 is 5.95 Å². The molecule has 2 aromatic rings. The van der Waals surface area contributed by atoms with Gasteiger partial charge in [-0.2, -0.15) is 0 Å². The predicted molar refractivity (Wildman–Crippen MR) is 119 cm³/mol. The Morgan fingerprint density at radius 2 is 1.73 bits per heavy atom. The van der Waals surface area contributed by atoms with Gasteiger partial charge in [-0.25, -0.2) is 9.97 Å². The van der Waals surface area contributed by atoms with E-state index in [0.717, 1.165) is 57.9 Å². The molecule has 0 saturated carbocycles. The van der Waals surface area contributed by atoms with Gasteiger partial charge in [0.25, 0.3) is 0 Å². The summed E-state index contributed by atoms with van der Waals surface area (Å²) in [5.41, 5.74) is 1.36. The summed E-state index contributed by atoms with van der Waals surface area (Å²) >= 11 is 0. The Labute approximate surface area is 180 Å². The average Bonchev–Trinajstić information content (AvgIpc) is 2.83. The number of piperidine rings is 1. The Morgan fingerprint density at radius 3 is 2.47 bits per heavy atom. The lowest BCUT2D eigenvalue weighted by Crippen LogP contribution is -2.40. The minimum absolute atomic E-state index is 0.0320. The second-order valence-electron chi connectivity index (χ2n) is 8.45. The summed E-state index contributed by atoms with van der Waals surface area (Å²) in [5.74, 6) is 1.64. The molecule has 2 aliphatic heterocycles. The van der Waals surface area contributed by atoms with Crippen molar-refractivity contribution in [1.82, 2.24) is 14.9 Å². The van der Waals surface area contributed by atoms with Gasteiger partial charge in [0.1, 0.15) is 5.75 Å². The minimum atomic E-state index is 0.0320. The second kappa shape index (κ2) is 10.7. The summed E-state index contributed by atoms with van der Waals surface area (Å²) in [6.45, 7) is 6.80. The first-order chi connectivity index (χ1) is 14.8. The molecule has 0 radical (unpaired) electrons. The van der Waals surface area contributed by atoms with Crippen LogP contribution in [0.2, 0.25) is 0 Å². The molecule has 3 heterocycles. The molecule has 2 fully saturated rings. The van der Waals surface area contributed by atoms with Crippen molar-refractivity contribution in [2.75, 3.05) is 51.3 Å². The lowest BCUT2D eigenvalue weighted by atomic mass is 9.74. The second-order valence-corrected chi connectivity index (χ2v) is 8.45. The third-order valence-corrected chi connectivity index (χ3v) is 6.40. The van der Waals surface area contributed by atoms with Crippen molar-refractivity contribution < 1.29 is 9.47 Å². The van der Waals surface area contributed by atoms with Gasteiger partial charge < -0.3 is 19.7 Å². The van der Waals surface area contributed by atoms with Crippen LogP contribution in [0.1, 0.15) is 44.1 Å². The van der Waals surface area contributed by atoms with E-state index in [4.69, 9.17) is 9.47 Å². The van der Waals surface area contributed by atoms with Crippen molar-refractivity contribution in [2.24, 2.45) is 0 Å². The maximum atomic E-state index is 6.01. The molecule has 4 rings (SSSR count). The number of ether oxygens (including phenoxy) is 2. The van der Waals surface area contributed by atoms with Crippen LogP contribution in [-0.2, 0) is 10.2 Å². The number of hydrogen-bond acceptors (Lipinski definition) is 6. The van der Waals surface area contributed by atoms with E-state index >= 15 is 0 Å². The highest BCUT2D eigenvalue weighted by Gasteiger charge is 2.34. The lowest BCUT2D eigenvalue weighted by molar-refractivity contribution is 0.0543. The maximum Gasteiger partial charge on any atom is 0.222 e. The molecule has 162 valence electrons. The zero-order valence-electron chi connectivity index (χ0n) is 17.9. The van der Waals surface area contributed by atoms with Crippen LogP contribution in [0.3, 0.4) is 0 Å². The Balaban J connectivity index is 1.31. The van der Waals surface area contributed by atoms with Gasteiger partial charge in [0.2, 0.25) is 5.95 Å². The molecule has 0 amide bonds. The topological polar surface area (TPSA) is 59.5 Å². The third-order valence-electron chi connectivity index (χ3n) is 6.40. The number of benzene rings is 1. The summed E-state index contributed by atoms with van der Waals surface area (Å²) in [5, 5.41) is 3.43. The van der Waals surface area contributed by atoms with Crippen LogP contribution in [0, 0.1) is 0 Å². The Morgan fingerprint density at radius 1 is 1.00 bits per heavy atom. The number of anilines is 1. The highest BCUT2D eigenvalue weighted by molar-refractivity contribution is 5.35. The van der Waals surface area contributed by atoms with Gasteiger partial charge in [-0.15, -0.1) is 0 Å². The summed E-state index contributed by atoms with van der Waals surface area (Å²) in [6, 6.07) is 10.5. The summed E-state index contributed by atoms with van der Waals surface area (Å²) in [4.78, 5) is 11.2. The fourth-order valence-corrected chi connectivity index (χ4v) is 4.53. The molecule has 6 heteroatoms. The molecule has 0 spiro atoms. The molecule has 0 atom stereocenters. The highest BCUT2D eigenvalue weighted by atomic mass is 16.5. The van der Waals surface area contributed by atoms with Crippen LogP contribution in [0.5, 0.6) is 5.75 Å². The number of nitrogens with one attached hydrogen (secondary N) is 1. The predicted octanol–water partition coefficient (Wildman–Crippen LogP) is 3.89. The van der Waals surface area contributed by atoms with Gasteiger partial charge in [-0.05, 0) is 69.0 Å². The number of likely N-dealkylation sites (tertiary alicyclic amines) is 1. The quantitative estimate of drug-likeness (QED) is 0.633. The first-order valence-corrected chi connectivity index (χ1v) is 11.4. The van der Waals surface area contributed by atoms with Crippen molar-refractivity contribution in [3.05, 3.63) is 48.3 Å². The summed E-state index contributed by atoms with van der Waals surface area (Å²) in [7, 11) is 0.